The van der Waals surface area contributed by atoms with Crippen LogP contribution in [0.2, 0.25) is 0 Å². The Labute approximate surface area is 209 Å². The van der Waals surface area contributed by atoms with Crippen LogP contribution in [0.3, 0.4) is 0 Å². The van der Waals surface area contributed by atoms with E-state index in [1.165, 1.54) is 21.8 Å². The van der Waals surface area contributed by atoms with Crippen molar-refractivity contribution in [3.63, 3.8) is 0 Å². The van der Waals surface area contributed by atoms with Crippen molar-refractivity contribution in [2.45, 2.75) is 66.7 Å². The standard InChI is InChI=1S/C26H34BrNO4S/c1-6-8-16-9-12-20(19(27)13-16)32-15-22(29)28-24-23(25(30)31-7-2)18-11-10-17(26(3,4)5)14-21(18)33-24/h9,12-13,17H,6-8,10-11,14-15H2,1-5H3,(H,28,29). The maximum atomic E-state index is 12.8. The van der Waals surface area contributed by atoms with Crippen molar-refractivity contribution in [2.24, 2.45) is 11.3 Å². The minimum absolute atomic E-state index is 0.138. The molecule has 3 rings (SSSR count). The summed E-state index contributed by atoms with van der Waals surface area (Å²) < 4.78 is 11.9. The van der Waals surface area contributed by atoms with E-state index in [1.54, 1.807) is 6.92 Å². The highest BCUT2D eigenvalue weighted by Gasteiger charge is 2.34. The lowest BCUT2D eigenvalue weighted by Gasteiger charge is -2.33. The van der Waals surface area contributed by atoms with Crippen LogP contribution in [0.1, 0.15) is 73.8 Å². The molecule has 1 unspecified atom stereocenters. The summed E-state index contributed by atoms with van der Waals surface area (Å²) in [6.07, 6.45) is 4.83. The molecule has 7 heteroatoms. The number of benzene rings is 1. The number of esters is 1. The van der Waals surface area contributed by atoms with Crippen LogP contribution < -0.4 is 10.1 Å². The maximum Gasteiger partial charge on any atom is 0.341 e. The zero-order valence-corrected chi connectivity index (χ0v) is 22.6. The zero-order valence-electron chi connectivity index (χ0n) is 20.2. The number of amides is 1. The predicted molar refractivity (Wildman–Crippen MR) is 138 cm³/mol. The van der Waals surface area contributed by atoms with Crippen LogP contribution in [0.4, 0.5) is 5.00 Å². The van der Waals surface area contributed by atoms with Crippen LogP contribution in [0, 0.1) is 11.3 Å². The highest BCUT2D eigenvalue weighted by molar-refractivity contribution is 9.10. The van der Waals surface area contributed by atoms with E-state index in [2.05, 4.69) is 48.9 Å². The molecule has 0 spiro atoms. The lowest BCUT2D eigenvalue weighted by Crippen LogP contribution is -2.26. The molecule has 2 aromatic rings. The summed E-state index contributed by atoms with van der Waals surface area (Å²) in [7, 11) is 0. The van der Waals surface area contributed by atoms with Gasteiger partial charge in [0.2, 0.25) is 0 Å². The van der Waals surface area contributed by atoms with Gasteiger partial charge in [-0.2, -0.15) is 0 Å². The van der Waals surface area contributed by atoms with Gasteiger partial charge in [0.1, 0.15) is 10.8 Å². The minimum Gasteiger partial charge on any atom is -0.483 e. The third-order valence-electron chi connectivity index (χ3n) is 6.12. The molecule has 33 heavy (non-hydrogen) atoms. The number of rotatable bonds is 8. The second-order valence-corrected chi connectivity index (χ2v) is 11.5. The van der Waals surface area contributed by atoms with Crippen molar-refractivity contribution in [2.75, 3.05) is 18.5 Å². The van der Waals surface area contributed by atoms with Crippen LogP contribution in [-0.4, -0.2) is 25.1 Å². The Morgan fingerprint density at radius 3 is 2.64 bits per heavy atom. The normalized spacial score (nSPS) is 15.6. The van der Waals surface area contributed by atoms with Gasteiger partial charge < -0.3 is 14.8 Å². The summed E-state index contributed by atoms with van der Waals surface area (Å²) in [6, 6.07) is 5.91. The van der Waals surface area contributed by atoms with E-state index in [4.69, 9.17) is 9.47 Å². The molecule has 0 bridgehead atoms. The first-order valence-electron chi connectivity index (χ1n) is 11.7. The Morgan fingerprint density at radius 1 is 1.24 bits per heavy atom. The molecule has 0 saturated carbocycles. The van der Waals surface area contributed by atoms with E-state index in [-0.39, 0.29) is 23.9 Å². The third-order valence-corrected chi connectivity index (χ3v) is 7.91. The van der Waals surface area contributed by atoms with Gasteiger partial charge in [0.25, 0.3) is 5.91 Å². The van der Waals surface area contributed by atoms with Crippen molar-refractivity contribution < 1.29 is 19.1 Å². The smallest absolute Gasteiger partial charge is 0.341 e. The molecule has 1 amide bonds. The number of hydrogen-bond acceptors (Lipinski definition) is 5. The molecule has 0 aliphatic heterocycles. The molecule has 180 valence electrons. The van der Waals surface area contributed by atoms with Crippen LogP contribution in [0.5, 0.6) is 5.75 Å². The molecular formula is C26H34BrNO4S. The largest absolute Gasteiger partial charge is 0.483 e. The van der Waals surface area contributed by atoms with E-state index >= 15 is 0 Å². The number of aryl methyl sites for hydroxylation is 1. The summed E-state index contributed by atoms with van der Waals surface area (Å²) in [5, 5.41) is 3.49. The van der Waals surface area contributed by atoms with Gasteiger partial charge in [-0.3, -0.25) is 4.79 Å². The molecule has 0 fully saturated rings. The van der Waals surface area contributed by atoms with Gasteiger partial charge in [0.15, 0.2) is 6.61 Å². The zero-order chi connectivity index (χ0) is 24.2. The average molecular weight is 537 g/mol. The van der Waals surface area contributed by atoms with Gasteiger partial charge in [-0.1, -0.05) is 40.2 Å². The van der Waals surface area contributed by atoms with Gasteiger partial charge in [0, 0.05) is 4.88 Å². The first-order chi connectivity index (χ1) is 15.6. The molecule has 1 atom stereocenters. The Morgan fingerprint density at radius 2 is 2.00 bits per heavy atom. The number of ether oxygens (including phenoxy) is 2. The maximum absolute atomic E-state index is 12.8. The molecule has 1 heterocycles. The summed E-state index contributed by atoms with van der Waals surface area (Å²) in [6.45, 7) is 10.9. The van der Waals surface area contributed by atoms with E-state index in [9.17, 15) is 9.59 Å². The van der Waals surface area contributed by atoms with Crippen LogP contribution >= 0.6 is 27.3 Å². The Balaban J connectivity index is 1.75. The van der Waals surface area contributed by atoms with Gasteiger partial charge >= 0.3 is 5.97 Å². The van der Waals surface area contributed by atoms with Crippen molar-refractivity contribution in [3.8, 4) is 5.75 Å². The molecular weight excluding hydrogens is 502 g/mol. The highest BCUT2D eigenvalue weighted by Crippen LogP contribution is 2.44. The van der Waals surface area contributed by atoms with Gasteiger partial charge in [-0.25, -0.2) is 4.79 Å². The summed E-state index contributed by atoms with van der Waals surface area (Å²) in [5.74, 6) is 0.499. The van der Waals surface area contributed by atoms with Crippen LogP contribution in [0.15, 0.2) is 22.7 Å². The van der Waals surface area contributed by atoms with E-state index < -0.39 is 0 Å². The van der Waals surface area contributed by atoms with Crippen LogP contribution in [0.25, 0.3) is 0 Å². The minimum atomic E-state index is -0.366. The number of thiophene rings is 1. The monoisotopic (exact) mass is 535 g/mol. The fourth-order valence-electron chi connectivity index (χ4n) is 4.24. The first-order valence-corrected chi connectivity index (χ1v) is 13.3. The number of halogens is 1. The Kier molecular flexibility index (Phi) is 8.62. The number of fused-ring (bicyclic) bond motifs is 1. The fourth-order valence-corrected chi connectivity index (χ4v) is 6.12. The van der Waals surface area contributed by atoms with E-state index in [0.717, 1.165) is 42.1 Å². The number of hydrogen-bond donors (Lipinski definition) is 1. The summed E-state index contributed by atoms with van der Waals surface area (Å²) >= 11 is 5.03. The molecule has 0 radical (unpaired) electrons. The molecule has 1 aliphatic rings. The van der Waals surface area contributed by atoms with Crippen molar-refractivity contribution in [1.29, 1.82) is 0 Å². The van der Waals surface area contributed by atoms with Crippen LogP contribution in [-0.2, 0) is 28.8 Å². The quantitative estimate of drug-likeness (QED) is 0.377. The molecule has 1 aromatic carbocycles. The predicted octanol–water partition coefficient (Wildman–Crippen LogP) is 6.81. The Bertz CT molecular complexity index is 1010. The second-order valence-electron chi connectivity index (χ2n) is 9.59. The van der Waals surface area contributed by atoms with E-state index in [0.29, 0.717) is 28.8 Å². The van der Waals surface area contributed by atoms with Gasteiger partial charge in [0.05, 0.1) is 16.6 Å². The summed E-state index contributed by atoms with van der Waals surface area (Å²) in [5.41, 5.74) is 2.97. The van der Waals surface area contributed by atoms with Crippen molar-refractivity contribution >= 4 is 44.1 Å². The molecule has 1 N–H and O–H groups in total. The lowest BCUT2D eigenvalue weighted by atomic mass is 9.72. The topological polar surface area (TPSA) is 64.6 Å². The van der Waals surface area contributed by atoms with Gasteiger partial charge in [-0.05, 0) is 83.1 Å². The molecule has 0 saturated heterocycles. The second kappa shape index (κ2) is 11.0. The molecule has 1 aliphatic carbocycles. The number of nitrogens with one attached hydrogen (secondary N) is 1. The Hall–Kier alpha value is -1.86. The fraction of sp³-hybridized carbons (Fsp3) is 0.538. The SMILES string of the molecule is CCCc1ccc(OCC(=O)Nc2sc3c(c2C(=O)OCC)CCC(C(C)(C)C)C3)c(Br)c1. The van der Waals surface area contributed by atoms with E-state index in [1.807, 2.05) is 18.2 Å². The van der Waals surface area contributed by atoms with Gasteiger partial charge in [-0.15, -0.1) is 11.3 Å². The third kappa shape index (κ3) is 6.38. The first kappa shape index (κ1) is 25.8. The number of anilines is 1. The number of carbonyl (C=O) groups excluding carboxylic acids is 2. The van der Waals surface area contributed by atoms with Crippen molar-refractivity contribution in [3.05, 3.63) is 44.2 Å². The lowest BCUT2D eigenvalue weighted by molar-refractivity contribution is -0.118. The average Bonchev–Trinajstić information content (AvgIpc) is 3.10. The molecule has 1 aromatic heterocycles. The van der Waals surface area contributed by atoms with Crippen molar-refractivity contribution in [1.82, 2.24) is 0 Å². The number of carbonyl (C=O) groups is 2. The molecule has 5 nitrogen and oxygen atoms in total. The highest BCUT2D eigenvalue weighted by atomic mass is 79.9. The summed E-state index contributed by atoms with van der Waals surface area (Å²) in [4.78, 5) is 26.7.